The van der Waals surface area contributed by atoms with Crippen molar-refractivity contribution in [2.24, 2.45) is 4.99 Å². The van der Waals surface area contributed by atoms with Gasteiger partial charge < -0.3 is 9.31 Å². The van der Waals surface area contributed by atoms with Gasteiger partial charge >= 0.3 is 7.12 Å². The van der Waals surface area contributed by atoms with Gasteiger partial charge in [0.15, 0.2) is 0 Å². The highest BCUT2D eigenvalue weighted by Gasteiger charge is 2.52. The average molecular weight is 308 g/mol. The van der Waals surface area contributed by atoms with Crippen LogP contribution in [0.1, 0.15) is 33.3 Å². The fourth-order valence-corrected chi connectivity index (χ4v) is 2.78. The summed E-state index contributed by atoms with van der Waals surface area (Å²) in [5.41, 5.74) is 2.47. The van der Waals surface area contributed by atoms with Crippen LogP contribution < -0.4 is 5.46 Å². The number of aliphatic imine (C=N–C) groups is 1. The van der Waals surface area contributed by atoms with Crippen LogP contribution in [0.3, 0.4) is 0 Å². The Hall–Kier alpha value is -1.98. The first-order chi connectivity index (χ1) is 10.8. The molecule has 0 aliphatic carbocycles. The van der Waals surface area contributed by atoms with Crippen LogP contribution >= 0.6 is 0 Å². The van der Waals surface area contributed by atoms with Crippen molar-refractivity contribution >= 4 is 42.0 Å². The molecule has 0 radical (unpaired) electrons. The number of hydrogen-bond acceptors (Lipinski definition) is 4. The van der Waals surface area contributed by atoms with E-state index in [4.69, 9.17) is 9.31 Å². The summed E-state index contributed by atoms with van der Waals surface area (Å²) in [6, 6.07) is 5.94. The lowest BCUT2D eigenvalue weighted by Crippen LogP contribution is -2.41. The molecular weight excluding hydrogens is 287 g/mol. The van der Waals surface area contributed by atoms with Crippen LogP contribution in [0.4, 0.5) is 5.69 Å². The Morgan fingerprint density at radius 1 is 1.22 bits per heavy atom. The van der Waals surface area contributed by atoms with Gasteiger partial charge in [0, 0.05) is 17.1 Å². The molecule has 4 nitrogen and oxygen atoms in total. The van der Waals surface area contributed by atoms with Crippen molar-refractivity contribution in [1.29, 1.82) is 0 Å². The van der Waals surface area contributed by atoms with Gasteiger partial charge in [-0.2, -0.15) is 0 Å². The first-order valence-corrected chi connectivity index (χ1v) is 7.67. The second-order valence-electron chi connectivity index (χ2n) is 6.75. The van der Waals surface area contributed by atoms with Crippen LogP contribution in [0, 0.1) is 0 Å². The summed E-state index contributed by atoms with van der Waals surface area (Å²) in [5, 5.41) is 0.977. The van der Waals surface area contributed by atoms with Crippen molar-refractivity contribution < 1.29 is 9.31 Å². The fourth-order valence-electron chi connectivity index (χ4n) is 2.78. The summed E-state index contributed by atoms with van der Waals surface area (Å²) in [5.74, 6) is 0. The maximum absolute atomic E-state index is 6.19. The van der Waals surface area contributed by atoms with Crippen LogP contribution in [-0.4, -0.2) is 30.0 Å². The van der Waals surface area contributed by atoms with E-state index in [2.05, 4.69) is 23.3 Å². The summed E-state index contributed by atoms with van der Waals surface area (Å²) in [4.78, 5) is 8.60. The summed E-state index contributed by atoms with van der Waals surface area (Å²) in [7, 11) is -0.474. The Morgan fingerprint density at radius 3 is 2.43 bits per heavy atom. The smallest absolute Gasteiger partial charge is 0.399 e. The monoisotopic (exact) mass is 308 g/mol. The maximum Gasteiger partial charge on any atom is 0.495 e. The lowest BCUT2D eigenvalue weighted by atomic mass is 9.74. The first-order valence-electron chi connectivity index (χ1n) is 7.67. The number of pyridine rings is 1. The standard InChI is InChI=1S/C18H21BN2O2/c1-7-13-14(19-22-17(2,3)18(4,5)23-19)11-12-9-8-10-21-15(12)16(13)20-6/h7-11H,1,6H2,2-5H3. The van der Waals surface area contributed by atoms with Crippen LogP contribution in [0.15, 0.2) is 36.0 Å². The molecule has 23 heavy (non-hydrogen) atoms. The normalized spacial score (nSPS) is 19.0. The van der Waals surface area contributed by atoms with Crippen LogP contribution in [0.2, 0.25) is 0 Å². The van der Waals surface area contributed by atoms with Gasteiger partial charge in [-0.3, -0.25) is 9.98 Å². The molecule has 0 spiro atoms. The minimum Gasteiger partial charge on any atom is -0.399 e. The SMILES string of the molecule is C=Cc1c(B2OC(C)(C)C(C)(C)O2)cc2cccnc2c1N=C. The second-order valence-corrected chi connectivity index (χ2v) is 6.75. The van der Waals surface area contributed by atoms with E-state index in [1.165, 1.54) is 0 Å². The minimum atomic E-state index is -0.474. The van der Waals surface area contributed by atoms with E-state index in [-0.39, 0.29) is 0 Å². The van der Waals surface area contributed by atoms with Crippen LogP contribution in [-0.2, 0) is 9.31 Å². The third-order valence-electron chi connectivity index (χ3n) is 4.81. The molecule has 0 N–H and O–H groups in total. The van der Waals surface area contributed by atoms with Crippen molar-refractivity contribution in [2.75, 3.05) is 0 Å². The van der Waals surface area contributed by atoms with Gasteiger partial charge in [-0.05, 0) is 45.9 Å². The Balaban J connectivity index is 2.22. The number of hydrogen-bond donors (Lipinski definition) is 0. The highest BCUT2D eigenvalue weighted by atomic mass is 16.7. The zero-order chi connectivity index (χ0) is 16.8. The Morgan fingerprint density at radius 2 is 1.87 bits per heavy atom. The molecule has 2 heterocycles. The Kier molecular flexibility index (Phi) is 3.66. The molecule has 118 valence electrons. The average Bonchev–Trinajstić information content (AvgIpc) is 2.73. The van der Waals surface area contributed by atoms with Gasteiger partial charge in [-0.1, -0.05) is 24.8 Å². The summed E-state index contributed by atoms with van der Waals surface area (Å²) >= 11 is 0. The van der Waals surface area contributed by atoms with Gasteiger partial charge in [0.05, 0.1) is 22.4 Å². The van der Waals surface area contributed by atoms with Crippen molar-refractivity contribution in [3.05, 3.63) is 36.5 Å². The van der Waals surface area contributed by atoms with E-state index in [1.54, 1.807) is 12.3 Å². The lowest BCUT2D eigenvalue weighted by Gasteiger charge is -2.32. The van der Waals surface area contributed by atoms with Crippen molar-refractivity contribution in [2.45, 2.75) is 38.9 Å². The predicted octanol–water partition coefficient (Wildman–Crippen LogP) is 3.51. The van der Waals surface area contributed by atoms with Gasteiger partial charge in [0.2, 0.25) is 0 Å². The third kappa shape index (κ3) is 2.40. The Bertz CT molecular complexity index is 783. The van der Waals surface area contributed by atoms with Gasteiger partial charge in [-0.25, -0.2) is 0 Å². The molecular formula is C18H21BN2O2. The second kappa shape index (κ2) is 5.29. The fraction of sp³-hybridized carbons (Fsp3) is 0.333. The molecule has 2 aromatic rings. The first kappa shape index (κ1) is 15.9. The van der Waals surface area contributed by atoms with Gasteiger partial charge in [0.25, 0.3) is 0 Å². The quantitative estimate of drug-likeness (QED) is 0.644. The molecule has 1 aromatic carbocycles. The van der Waals surface area contributed by atoms with Crippen molar-refractivity contribution in [3.63, 3.8) is 0 Å². The topological polar surface area (TPSA) is 43.7 Å². The summed E-state index contributed by atoms with van der Waals surface area (Å²) in [6.45, 7) is 15.8. The highest BCUT2D eigenvalue weighted by molar-refractivity contribution is 6.63. The zero-order valence-corrected chi connectivity index (χ0v) is 14.1. The van der Waals surface area contributed by atoms with E-state index in [0.29, 0.717) is 5.69 Å². The third-order valence-corrected chi connectivity index (χ3v) is 4.81. The zero-order valence-electron chi connectivity index (χ0n) is 14.1. The molecule has 0 unspecified atom stereocenters. The number of benzene rings is 1. The molecule has 1 aliphatic rings. The van der Waals surface area contributed by atoms with E-state index in [9.17, 15) is 0 Å². The van der Waals surface area contributed by atoms with E-state index in [0.717, 1.165) is 21.9 Å². The molecule has 0 amide bonds. The van der Waals surface area contributed by atoms with Crippen molar-refractivity contribution in [3.8, 4) is 0 Å². The van der Waals surface area contributed by atoms with Gasteiger partial charge in [-0.15, -0.1) is 0 Å². The minimum absolute atomic E-state index is 0.401. The van der Waals surface area contributed by atoms with E-state index >= 15 is 0 Å². The number of aromatic nitrogens is 1. The van der Waals surface area contributed by atoms with Gasteiger partial charge in [0.1, 0.15) is 0 Å². The molecule has 0 atom stereocenters. The summed E-state index contributed by atoms with van der Waals surface area (Å²) in [6.07, 6.45) is 3.51. The molecule has 0 bridgehead atoms. The maximum atomic E-state index is 6.19. The molecule has 0 saturated carbocycles. The predicted molar refractivity (Wildman–Crippen MR) is 96.8 cm³/mol. The molecule has 1 aliphatic heterocycles. The molecule has 5 heteroatoms. The van der Waals surface area contributed by atoms with Crippen molar-refractivity contribution in [1.82, 2.24) is 4.98 Å². The number of rotatable bonds is 3. The Labute approximate surface area is 137 Å². The van der Waals surface area contributed by atoms with Crippen LogP contribution in [0.25, 0.3) is 17.0 Å². The number of nitrogens with zero attached hydrogens (tertiary/aromatic N) is 2. The summed E-state index contributed by atoms with van der Waals surface area (Å²) < 4.78 is 12.4. The molecule has 1 aromatic heterocycles. The van der Waals surface area contributed by atoms with Crippen LogP contribution in [0.5, 0.6) is 0 Å². The largest absolute Gasteiger partial charge is 0.495 e. The lowest BCUT2D eigenvalue weighted by molar-refractivity contribution is 0.00578. The molecule has 1 saturated heterocycles. The molecule has 3 rings (SSSR count). The highest BCUT2D eigenvalue weighted by Crippen LogP contribution is 2.38. The number of fused-ring (bicyclic) bond motifs is 1. The van der Waals surface area contributed by atoms with E-state index < -0.39 is 18.3 Å². The van der Waals surface area contributed by atoms with E-state index in [1.807, 2.05) is 45.9 Å². The molecule has 1 fully saturated rings.